The van der Waals surface area contributed by atoms with Crippen molar-refractivity contribution in [3.8, 4) is 0 Å². The van der Waals surface area contributed by atoms with Crippen LogP contribution in [0.3, 0.4) is 0 Å². The van der Waals surface area contributed by atoms with Crippen LogP contribution in [-0.4, -0.2) is 72.3 Å². The van der Waals surface area contributed by atoms with Crippen LogP contribution in [0.15, 0.2) is 24.3 Å². The molecule has 2 aliphatic rings. The average Bonchev–Trinajstić information content (AvgIpc) is 2.61. The summed E-state index contributed by atoms with van der Waals surface area (Å²) in [5, 5.41) is 0. The summed E-state index contributed by atoms with van der Waals surface area (Å²) in [6, 6.07) is 5.66. The van der Waals surface area contributed by atoms with Crippen molar-refractivity contribution < 1.29 is 14.0 Å². The molecule has 0 radical (unpaired) electrons. The molecule has 0 N–H and O–H groups in total. The van der Waals surface area contributed by atoms with Gasteiger partial charge in [0, 0.05) is 44.8 Å². The summed E-state index contributed by atoms with van der Waals surface area (Å²) < 4.78 is 13.0. The van der Waals surface area contributed by atoms with Crippen molar-refractivity contribution in [1.29, 1.82) is 0 Å². The molecule has 2 fully saturated rings. The van der Waals surface area contributed by atoms with Gasteiger partial charge >= 0.3 is 0 Å². The van der Waals surface area contributed by atoms with Crippen LogP contribution in [0.5, 0.6) is 0 Å². The molecule has 142 valence electrons. The van der Waals surface area contributed by atoms with Crippen molar-refractivity contribution in [2.75, 3.05) is 45.8 Å². The second kappa shape index (κ2) is 8.16. The minimum atomic E-state index is -0.341. The molecule has 2 amide bonds. The number of likely N-dealkylation sites (tertiary alicyclic amines) is 1. The summed E-state index contributed by atoms with van der Waals surface area (Å²) in [5.74, 6) is 0.906. The summed E-state index contributed by atoms with van der Waals surface area (Å²) >= 11 is 0. The Bertz CT molecular complexity index is 631. The molecule has 6 heteroatoms. The van der Waals surface area contributed by atoms with E-state index in [0.717, 1.165) is 13.1 Å². The topological polar surface area (TPSA) is 43.9 Å². The number of amides is 2. The van der Waals surface area contributed by atoms with Crippen LogP contribution < -0.4 is 0 Å². The molecule has 1 aromatic rings. The predicted octanol–water partition coefficient (Wildman–Crippen LogP) is 2.09. The van der Waals surface area contributed by atoms with E-state index < -0.39 is 0 Å². The fraction of sp³-hybridized carbons (Fsp3) is 0.600. The number of carbonyl (C=O) groups is 2. The zero-order valence-electron chi connectivity index (χ0n) is 15.7. The molecular formula is C20H28FN3O2. The van der Waals surface area contributed by atoms with Crippen LogP contribution in [-0.2, 0) is 4.79 Å². The molecule has 0 saturated carbocycles. The van der Waals surface area contributed by atoms with Gasteiger partial charge < -0.3 is 9.80 Å². The molecule has 0 bridgehead atoms. The highest BCUT2D eigenvalue weighted by Gasteiger charge is 2.28. The van der Waals surface area contributed by atoms with Crippen molar-refractivity contribution >= 4 is 11.8 Å². The van der Waals surface area contributed by atoms with E-state index >= 15 is 0 Å². The Labute approximate surface area is 154 Å². The minimum Gasteiger partial charge on any atom is -0.341 e. The molecule has 0 aliphatic carbocycles. The highest BCUT2D eigenvalue weighted by atomic mass is 19.1. The molecule has 2 unspecified atom stereocenters. The number of hydrogen-bond acceptors (Lipinski definition) is 3. The second-order valence-electron chi connectivity index (χ2n) is 7.82. The summed E-state index contributed by atoms with van der Waals surface area (Å²) in [6.45, 7) is 9.11. The van der Waals surface area contributed by atoms with Crippen molar-refractivity contribution in [2.24, 2.45) is 11.8 Å². The lowest BCUT2D eigenvalue weighted by Gasteiger charge is -2.38. The molecule has 2 aliphatic heterocycles. The first-order chi connectivity index (χ1) is 12.4. The second-order valence-corrected chi connectivity index (χ2v) is 7.82. The lowest BCUT2D eigenvalue weighted by molar-refractivity contribution is -0.135. The Hall–Kier alpha value is -1.95. The van der Waals surface area contributed by atoms with E-state index in [1.165, 1.54) is 30.7 Å². The van der Waals surface area contributed by atoms with E-state index in [-0.39, 0.29) is 17.6 Å². The third kappa shape index (κ3) is 4.61. The summed E-state index contributed by atoms with van der Waals surface area (Å²) in [5.41, 5.74) is 0.507. The van der Waals surface area contributed by atoms with Crippen LogP contribution in [0, 0.1) is 17.7 Å². The van der Waals surface area contributed by atoms with E-state index in [0.29, 0.717) is 50.1 Å². The lowest BCUT2D eigenvalue weighted by atomic mass is 9.92. The molecule has 0 aromatic heterocycles. The number of hydrogen-bond donors (Lipinski definition) is 0. The molecule has 3 rings (SSSR count). The van der Waals surface area contributed by atoms with Crippen molar-refractivity contribution in [2.45, 2.75) is 20.3 Å². The monoisotopic (exact) mass is 361 g/mol. The van der Waals surface area contributed by atoms with Gasteiger partial charge in [-0.25, -0.2) is 4.39 Å². The molecule has 0 spiro atoms. The van der Waals surface area contributed by atoms with Gasteiger partial charge in [-0.2, -0.15) is 0 Å². The maximum atomic E-state index is 13.0. The molecule has 5 nitrogen and oxygen atoms in total. The largest absolute Gasteiger partial charge is 0.341 e. The zero-order valence-corrected chi connectivity index (χ0v) is 15.7. The Morgan fingerprint density at radius 1 is 0.962 bits per heavy atom. The van der Waals surface area contributed by atoms with Gasteiger partial charge in [0.15, 0.2) is 0 Å². The first-order valence-corrected chi connectivity index (χ1v) is 9.47. The minimum absolute atomic E-state index is 0.0744. The fourth-order valence-corrected chi connectivity index (χ4v) is 4.04. The summed E-state index contributed by atoms with van der Waals surface area (Å²) in [7, 11) is 0. The Balaban J connectivity index is 1.48. The quantitative estimate of drug-likeness (QED) is 0.828. The van der Waals surface area contributed by atoms with Gasteiger partial charge in [-0.05, 0) is 42.5 Å². The predicted molar refractivity (Wildman–Crippen MR) is 98.3 cm³/mol. The highest BCUT2D eigenvalue weighted by molar-refractivity contribution is 5.94. The molecule has 2 heterocycles. The van der Waals surface area contributed by atoms with Crippen LogP contribution in [0.4, 0.5) is 4.39 Å². The summed E-state index contributed by atoms with van der Waals surface area (Å²) in [4.78, 5) is 31.0. The maximum Gasteiger partial charge on any atom is 0.253 e. The van der Waals surface area contributed by atoms with Crippen molar-refractivity contribution in [3.63, 3.8) is 0 Å². The van der Waals surface area contributed by atoms with Crippen molar-refractivity contribution in [1.82, 2.24) is 14.7 Å². The third-order valence-electron chi connectivity index (χ3n) is 5.33. The van der Waals surface area contributed by atoms with Gasteiger partial charge in [-0.15, -0.1) is 0 Å². The van der Waals surface area contributed by atoms with Gasteiger partial charge in [-0.3, -0.25) is 14.5 Å². The molecule has 1 aromatic carbocycles. The third-order valence-corrected chi connectivity index (χ3v) is 5.33. The van der Waals surface area contributed by atoms with Gasteiger partial charge in [0.25, 0.3) is 5.91 Å². The number of carbonyl (C=O) groups excluding carboxylic acids is 2. The number of nitrogens with zero attached hydrogens (tertiary/aromatic N) is 3. The Kier molecular flexibility index (Phi) is 5.91. The number of benzene rings is 1. The number of halogens is 1. The van der Waals surface area contributed by atoms with E-state index in [1.54, 1.807) is 4.90 Å². The van der Waals surface area contributed by atoms with Gasteiger partial charge in [0.1, 0.15) is 5.82 Å². The molecule has 26 heavy (non-hydrogen) atoms. The maximum absolute atomic E-state index is 13.0. The smallest absolute Gasteiger partial charge is 0.253 e. The highest BCUT2D eigenvalue weighted by Crippen LogP contribution is 2.21. The number of rotatable bonds is 3. The van der Waals surface area contributed by atoms with E-state index in [1.807, 2.05) is 4.90 Å². The number of piperazine rings is 1. The Morgan fingerprint density at radius 2 is 1.54 bits per heavy atom. The lowest BCUT2D eigenvalue weighted by Crippen LogP contribution is -2.53. The van der Waals surface area contributed by atoms with E-state index in [9.17, 15) is 14.0 Å². The van der Waals surface area contributed by atoms with Gasteiger partial charge in [-0.1, -0.05) is 13.8 Å². The molecule has 2 atom stereocenters. The summed E-state index contributed by atoms with van der Waals surface area (Å²) in [6.07, 6.45) is 1.19. The van der Waals surface area contributed by atoms with Gasteiger partial charge in [0.05, 0.1) is 6.54 Å². The standard InChI is InChI=1S/C20H28FN3O2/c1-15-11-16(2)13-24(12-15)19(25)14-22-7-9-23(10-8-22)20(26)17-3-5-18(21)6-4-17/h3-6,15-16H,7-14H2,1-2H3. The average molecular weight is 361 g/mol. The fourth-order valence-electron chi connectivity index (χ4n) is 4.04. The van der Waals surface area contributed by atoms with Gasteiger partial charge in [0.2, 0.25) is 5.91 Å². The Morgan fingerprint density at radius 3 is 2.12 bits per heavy atom. The normalized spacial score (nSPS) is 24.6. The molecular weight excluding hydrogens is 333 g/mol. The van der Waals surface area contributed by atoms with Crippen LogP contribution >= 0.6 is 0 Å². The first kappa shape index (κ1) is 18.8. The zero-order chi connectivity index (χ0) is 18.7. The molecule has 2 saturated heterocycles. The van der Waals surface area contributed by atoms with Crippen molar-refractivity contribution in [3.05, 3.63) is 35.6 Å². The van der Waals surface area contributed by atoms with E-state index in [4.69, 9.17) is 0 Å². The van der Waals surface area contributed by atoms with Crippen LogP contribution in [0.25, 0.3) is 0 Å². The first-order valence-electron chi connectivity index (χ1n) is 9.47. The SMILES string of the molecule is CC1CC(C)CN(C(=O)CN2CCN(C(=O)c3ccc(F)cc3)CC2)C1. The van der Waals surface area contributed by atoms with E-state index in [2.05, 4.69) is 18.7 Å². The number of piperidine rings is 1. The van der Waals surface area contributed by atoms with Crippen LogP contribution in [0.2, 0.25) is 0 Å². The van der Waals surface area contributed by atoms with Crippen LogP contribution in [0.1, 0.15) is 30.6 Å².